The number of hydrogen-bond acceptors (Lipinski definition) is 4. The van der Waals surface area contributed by atoms with E-state index in [1.807, 2.05) is 31.3 Å². The molecule has 5 heteroatoms. The lowest BCUT2D eigenvalue weighted by Gasteiger charge is -2.38. The molecule has 0 saturated heterocycles. The fourth-order valence-electron chi connectivity index (χ4n) is 3.75. The van der Waals surface area contributed by atoms with Crippen molar-refractivity contribution in [3.05, 3.63) is 47.5 Å². The first-order chi connectivity index (χ1) is 11.8. The lowest BCUT2D eigenvalue weighted by Crippen LogP contribution is -2.42. The van der Waals surface area contributed by atoms with Crippen molar-refractivity contribution in [3.8, 4) is 0 Å². The minimum absolute atomic E-state index is 0.300. The molecule has 0 aromatic carbocycles. The lowest BCUT2D eigenvalue weighted by atomic mass is 9.85. The van der Waals surface area contributed by atoms with Gasteiger partial charge in [-0.2, -0.15) is 5.10 Å². The molecule has 1 fully saturated rings. The van der Waals surface area contributed by atoms with E-state index in [-0.39, 0.29) is 0 Å². The van der Waals surface area contributed by atoms with Gasteiger partial charge in [0.05, 0.1) is 30.6 Å². The number of fused-ring (bicyclic) bond motifs is 1. The molecule has 24 heavy (non-hydrogen) atoms. The molecule has 0 bridgehead atoms. The van der Waals surface area contributed by atoms with Crippen LogP contribution >= 0.6 is 0 Å². The first-order valence-corrected chi connectivity index (χ1v) is 9.03. The molecule has 1 unspecified atom stereocenters. The molecule has 1 atom stereocenters. The Hall–Kier alpha value is -1.72. The SMILES string of the molecule is Cc1cccc(COCC2CN(CC3CCC3)Cc3ccnn32)n1. The molecule has 1 aliphatic heterocycles. The zero-order valence-corrected chi connectivity index (χ0v) is 14.4. The maximum absolute atomic E-state index is 5.98. The summed E-state index contributed by atoms with van der Waals surface area (Å²) >= 11 is 0. The summed E-state index contributed by atoms with van der Waals surface area (Å²) in [6.45, 7) is 6.54. The molecule has 3 heterocycles. The van der Waals surface area contributed by atoms with Crippen molar-refractivity contribution in [2.24, 2.45) is 5.92 Å². The summed E-state index contributed by atoms with van der Waals surface area (Å²) in [4.78, 5) is 7.09. The van der Waals surface area contributed by atoms with E-state index < -0.39 is 0 Å². The van der Waals surface area contributed by atoms with Crippen LogP contribution in [0, 0.1) is 12.8 Å². The van der Waals surface area contributed by atoms with Crippen LogP contribution in [0.5, 0.6) is 0 Å². The van der Waals surface area contributed by atoms with E-state index in [2.05, 4.69) is 25.7 Å². The Kier molecular flexibility index (Phi) is 4.63. The molecule has 0 spiro atoms. The summed E-state index contributed by atoms with van der Waals surface area (Å²) in [5.41, 5.74) is 3.34. The summed E-state index contributed by atoms with van der Waals surface area (Å²) in [5, 5.41) is 4.52. The van der Waals surface area contributed by atoms with Gasteiger partial charge in [-0.05, 0) is 43.9 Å². The van der Waals surface area contributed by atoms with Gasteiger partial charge in [0.15, 0.2) is 0 Å². The molecule has 5 nitrogen and oxygen atoms in total. The largest absolute Gasteiger partial charge is 0.373 e. The van der Waals surface area contributed by atoms with Crippen molar-refractivity contribution in [3.63, 3.8) is 0 Å². The zero-order valence-electron chi connectivity index (χ0n) is 14.4. The predicted molar refractivity (Wildman–Crippen MR) is 92.5 cm³/mol. The molecule has 4 rings (SSSR count). The van der Waals surface area contributed by atoms with Gasteiger partial charge in [0, 0.05) is 31.5 Å². The lowest BCUT2D eigenvalue weighted by molar-refractivity contribution is 0.0451. The van der Waals surface area contributed by atoms with Gasteiger partial charge in [0.2, 0.25) is 0 Å². The average molecular weight is 326 g/mol. The van der Waals surface area contributed by atoms with Gasteiger partial charge in [-0.25, -0.2) is 0 Å². The number of hydrogen-bond donors (Lipinski definition) is 0. The van der Waals surface area contributed by atoms with Crippen molar-refractivity contribution in [1.82, 2.24) is 19.7 Å². The number of aromatic nitrogens is 3. The Bertz CT molecular complexity index is 680. The third-order valence-corrected chi connectivity index (χ3v) is 5.20. The summed E-state index contributed by atoms with van der Waals surface area (Å²) in [5.74, 6) is 0.900. The highest BCUT2D eigenvalue weighted by atomic mass is 16.5. The van der Waals surface area contributed by atoms with E-state index in [9.17, 15) is 0 Å². The highest BCUT2D eigenvalue weighted by molar-refractivity contribution is 5.09. The van der Waals surface area contributed by atoms with E-state index in [4.69, 9.17) is 4.74 Å². The average Bonchev–Trinajstić information content (AvgIpc) is 3.00. The third kappa shape index (κ3) is 3.52. The van der Waals surface area contributed by atoms with Crippen LogP contribution in [0.2, 0.25) is 0 Å². The molecular formula is C19H26N4O. The zero-order chi connectivity index (χ0) is 16.4. The Morgan fingerprint density at radius 2 is 2.17 bits per heavy atom. The number of ether oxygens (including phenoxy) is 1. The van der Waals surface area contributed by atoms with Crippen molar-refractivity contribution >= 4 is 0 Å². The molecule has 2 aromatic heterocycles. The standard InChI is InChI=1S/C19H26N4O/c1-15-4-2-7-17(21-15)13-24-14-19-12-22(10-16-5-3-6-16)11-18-8-9-20-23(18)19/h2,4,7-9,16,19H,3,5-6,10-14H2,1H3. The number of aryl methyl sites for hydroxylation is 1. The second-order valence-corrected chi connectivity index (χ2v) is 7.20. The molecule has 0 radical (unpaired) electrons. The Labute approximate surface area is 143 Å². The van der Waals surface area contributed by atoms with E-state index in [0.29, 0.717) is 19.3 Å². The van der Waals surface area contributed by atoms with Crippen LogP contribution in [0.4, 0.5) is 0 Å². The van der Waals surface area contributed by atoms with Crippen LogP contribution in [0.3, 0.4) is 0 Å². The molecule has 0 N–H and O–H groups in total. The van der Waals surface area contributed by atoms with Crippen LogP contribution in [-0.4, -0.2) is 39.4 Å². The van der Waals surface area contributed by atoms with Gasteiger partial charge < -0.3 is 4.74 Å². The molecule has 2 aliphatic rings. The molecule has 1 aliphatic carbocycles. The fraction of sp³-hybridized carbons (Fsp3) is 0.579. The van der Waals surface area contributed by atoms with E-state index in [0.717, 1.165) is 30.4 Å². The molecule has 2 aromatic rings. The van der Waals surface area contributed by atoms with Crippen molar-refractivity contribution < 1.29 is 4.74 Å². The van der Waals surface area contributed by atoms with Crippen LogP contribution in [0.1, 0.15) is 42.4 Å². The Morgan fingerprint density at radius 3 is 2.96 bits per heavy atom. The van der Waals surface area contributed by atoms with E-state index >= 15 is 0 Å². The van der Waals surface area contributed by atoms with Gasteiger partial charge in [-0.15, -0.1) is 0 Å². The van der Waals surface area contributed by atoms with Crippen molar-refractivity contribution in [2.75, 3.05) is 19.7 Å². The third-order valence-electron chi connectivity index (χ3n) is 5.20. The Morgan fingerprint density at radius 1 is 1.25 bits per heavy atom. The Balaban J connectivity index is 1.36. The van der Waals surface area contributed by atoms with Crippen LogP contribution < -0.4 is 0 Å². The minimum Gasteiger partial charge on any atom is -0.373 e. The highest BCUT2D eigenvalue weighted by Crippen LogP contribution is 2.29. The second-order valence-electron chi connectivity index (χ2n) is 7.20. The smallest absolute Gasteiger partial charge is 0.0889 e. The monoisotopic (exact) mass is 326 g/mol. The first kappa shape index (κ1) is 15.8. The van der Waals surface area contributed by atoms with Gasteiger partial charge in [-0.1, -0.05) is 12.5 Å². The van der Waals surface area contributed by atoms with Crippen LogP contribution in [0.15, 0.2) is 30.5 Å². The molecule has 128 valence electrons. The second kappa shape index (κ2) is 7.03. The minimum atomic E-state index is 0.300. The summed E-state index contributed by atoms with van der Waals surface area (Å²) in [7, 11) is 0. The quantitative estimate of drug-likeness (QED) is 0.818. The maximum Gasteiger partial charge on any atom is 0.0889 e. The maximum atomic E-state index is 5.98. The van der Waals surface area contributed by atoms with Crippen LogP contribution in [-0.2, 0) is 17.9 Å². The summed E-state index contributed by atoms with van der Waals surface area (Å²) < 4.78 is 8.14. The summed E-state index contributed by atoms with van der Waals surface area (Å²) in [6.07, 6.45) is 6.12. The van der Waals surface area contributed by atoms with Gasteiger partial charge in [-0.3, -0.25) is 14.6 Å². The van der Waals surface area contributed by atoms with E-state index in [1.165, 1.54) is 31.5 Å². The number of rotatable bonds is 6. The van der Waals surface area contributed by atoms with Crippen molar-refractivity contribution in [2.45, 2.75) is 45.4 Å². The molecule has 1 saturated carbocycles. The summed E-state index contributed by atoms with van der Waals surface area (Å²) in [6, 6.07) is 8.51. The highest BCUT2D eigenvalue weighted by Gasteiger charge is 2.28. The van der Waals surface area contributed by atoms with Crippen molar-refractivity contribution in [1.29, 1.82) is 0 Å². The fourth-order valence-corrected chi connectivity index (χ4v) is 3.75. The van der Waals surface area contributed by atoms with Gasteiger partial charge >= 0.3 is 0 Å². The number of nitrogens with zero attached hydrogens (tertiary/aromatic N) is 4. The van der Waals surface area contributed by atoms with Gasteiger partial charge in [0.1, 0.15) is 0 Å². The molecule has 0 amide bonds. The van der Waals surface area contributed by atoms with E-state index in [1.54, 1.807) is 0 Å². The van der Waals surface area contributed by atoms with Crippen LogP contribution in [0.25, 0.3) is 0 Å². The predicted octanol–water partition coefficient (Wildman–Crippen LogP) is 2.96. The number of pyridine rings is 1. The topological polar surface area (TPSA) is 43.2 Å². The normalized spacial score (nSPS) is 21.5. The molecular weight excluding hydrogens is 300 g/mol. The van der Waals surface area contributed by atoms with Gasteiger partial charge in [0.25, 0.3) is 0 Å². The first-order valence-electron chi connectivity index (χ1n) is 9.03.